The minimum atomic E-state index is 0.205. The highest BCUT2D eigenvalue weighted by Gasteiger charge is 2.16. The molecule has 1 saturated heterocycles. The molecule has 0 aromatic carbocycles. The van der Waals surface area contributed by atoms with E-state index in [4.69, 9.17) is 4.74 Å². The van der Waals surface area contributed by atoms with E-state index in [1.807, 2.05) is 0 Å². The van der Waals surface area contributed by atoms with Crippen LogP contribution in [0.25, 0.3) is 0 Å². The van der Waals surface area contributed by atoms with Crippen LogP contribution in [0.2, 0.25) is 0 Å². The van der Waals surface area contributed by atoms with E-state index in [-0.39, 0.29) is 5.91 Å². The van der Waals surface area contributed by atoms with Crippen LogP contribution < -0.4 is 10.6 Å². The van der Waals surface area contributed by atoms with Crippen LogP contribution in [0, 0.1) is 5.92 Å². The maximum Gasteiger partial charge on any atom is 0.220 e. The molecule has 0 radical (unpaired) electrons. The fraction of sp³-hybridized carbons (Fsp3) is 0.938. The molecule has 1 aliphatic carbocycles. The van der Waals surface area contributed by atoms with Crippen molar-refractivity contribution in [1.82, 2.24) is 10.6 Å². The van der Waals surface area contributed by atoms with Crippen LogP contribution in [0.15, 0.2) is 0 Å². The summed E-state index contributed by atoms with van der Waals surface area (Å²) in [7, 11) is 0. The third-order valence-electron chi connectivity index (χ3n) is 4.42. The van der Waals surface area contributed by atoms with Crippen LogP contribution in [-0.4, -0.2) is 38.3 Å². The molecule has 2 N–H and O–H groups in total. The monoisotopic (exact) mass is 282 g/mol. The van der Waals surface area contributed by atoms with Gasteiger partial charge in [-0.15, -0.1) is 0 Å². The van der Waals surface area contributed by atoms with E-state index in [9.17, 15) is 4.79 Å². The SMILES string of the molecule is O=C(CC1CCCNC1)NCCCOC1CCCCC1. The molecule has 0 aromatic rings. The number of carbonyl (C=O) groups is 1. The molecule has 0 spiro atoms. The summed E-state index contributed by atoms with van der Waals surface area (Å²) in [5.41, 5.74) is 0. The molecule has 2 fully saturated rings. The normalized spacial score (nSPS) is 24.5. The van der Waals surface area contributed by atoms with E-state index in [0.717, 1.165) is 32.7 Å². The van der Waals surface area contributed by atoms with Gasteiger partial charge < -0.3 is 15.4 Å². The molecule has 1 unspecified atom stereocenters. The number of ether oxygens (including phenoxy) is 1. The molecular weight excluding hydrogens is 252 g/mol. The number of hydrogen-bond acceptors (Lipinski definition) is 3. The summed E-state index contributed by atoms with van der Waals surface area (Å²) in [4.78, 5) is 11.8. The number of rotatable bonds is 7. The molecule has 1 saturated carbocycles. The third-order valence-corrected chi connectivity index (χ3v) is 4.42. The van der Waals surface area contributed by atoms with E-state index >= 15 is 0 Å². The molecule has 2 aliphatic rings. The summed E-state index contributed by atoms with van der Waals surface area (Å²) >= 11 is 0. The minimum absolute atomic E-state index is 0.205. The maximum atomic E-state index is 11.8. The van der Waals surface area contributed by atoms with Gasteiger partial charge in [-0.25, -0.2) is 0 Å². The molecule has 1 aliphatic heterocycles. The Morgan fingerprint density at radius 2 is 2.00 bits per heavy atom. The molecular formula is C16H30N2O2. The zero-order chi connectivity index (χ0) is 14.0. The highest BCUT2D eigenvalue weighted by Crippen LogP contribution is 2.20. The number of nitrogens with one attached hydrogen (secondary N) is 2. The smallest absolute Gasteiger partial charge is 0.220 e. The predicted molar refractivity (Wildman–Crippen MR) is 80.7 cm³/mol. The lowest BCUT2D eigenvalue weighted by atomic mass is 9.96. The van der Waals surface area contributed by atoms with Gasteiger partial charge >= 0.3 is 0 Å². The van der Waals surface area contributed by atoms with Crippen molar-refractivity contribution in [2.24, 2.45) is 5.92 Å². The Kier molecular flexibility index (Phi) is 7.37. The highest BCUT2D eigenvalue weighted by molar-refractivity contribution is 5.76. The number of piperidine rings is 1. The Labute approximate surface area is 123 Å². The Morgan fingerprint density at radius 3 is 2.75 bits per heavy atom. The largest absolute Gasteiger partial charge is 0.378 e. The minimum Gasteiger partial charge on any atom is -0.378 e. The number of amides is 1. The van der Waals surface area contributed by atoms with Gasteiger partial charge in [0.05, 0.1) is 6.10 Å². The van der Waals surface area contributed by atoms with Gasteiger partial charge in [-0.3, -0.25) is 4.79 Å². The second kappa shape index (κ2) is 9.35. The van der Waals surface area contributed by atoms with Gasteiger partial charge in [-0.1, -0.05) is 19.3 Å². The van der Waals surface area contributed by atoms with Crippen LogP contribution in [0.4, 0.5) is 0 Å². The first-order valence-electron chi connectivity index (χ1n) is 8.43. The van der Waals surface area contributed by atoms with Crippen LogP contribution in [0.3, 0.4) is 0 Å². The number of carbonyl (C=O) groups excluding carboxylic acids is 1. The van der Waals surface area contributed by atoms with Crippen LogP contribution in [-0.2, 0) is 9.53 Å². The van der Waals surface area contributed by atoms with Gasteiger partial charge in [0.15, 0.2) is 0 Å². The first-order valence-corrected chi connectivity index (χ1v) is 8.43. The van der Waals surface area contributed by atoms with Crippen LogP contribution >= 0.6 is 0 Å². The number of hydrogen-bond donors (Lipinski definition) is 2. The summed E-state index contributed by atoms with van der Waals surface area (Å²) in [5.74, 6) is 0.735. The average molecular weight is 282 g/mol. The molecule has 0 bridgehead atoms. The zero-order valence-electron chi connectivity index (χ0n) is 12.7. The van der Waals surface area contributed by atoms with Gasteiger partial charge in [-0.2, -0.15) is 0 Å². The summed E-state index contributed by atoms with van der Waals surface area (Å²) in [5, 5.41) is 6.37. The summed E-state index contributed by atoms with van der Waals surface area (Å²) in [6.45, 7) is 3.65. The maximum absolute atomic E-state index is 11.8. The highest BCUT2D eigenvalue weighted by atomic mass is 16.5. The summed E-state index contributed by atoms with van der Waals surface area (Å²) in [6.07, 6.45) is 10.9. The van der Waals surface area contributed by atoms with Crippen molar-refractivity contribution >= 4 is 5.91 Å². The molecule has 0 aromatic heterocycles. The van der Waals surface area contributed by atoms with Crippen molar-refractivity contribution in [3.63, 3.8) is 0 Å². The molecule has 116 valence electrons. The summed E-state index contributed by atoms with van der Waals surface area (Å²) < 4.78 is 5.85. The Balaban J connectivity index is 1.44. The fourth-order valence-electron chi connectivity index (χ4n) is 3.21. The lowest BCUT2D eigenvalue weighted by Crippen LogP contribution is -2.34. The first-order chi connectivity index (χ1) is 9.84. The van der Waals surface area contributed by atoms with Gasteiger partial charge in [0.25, 0.3) is 0 Å². The van der Waals surface area contributed by atoms with Crippen molar-refractivity contribution in [1.29, 1.82) is 0 Å². The van der Waals surface area contributed by atoms with Gasteiger partial charge in [0, 0.05) is 19.6 Å². The van der Waals surface area contributed by atoms with E-state index in [2.05, 4.69) is 10.6 Å². The van der Waals surface area contributed by atoms with Crippen molar-refractivity contribution in [3.8, 4) is 0 Å². The van der Waals surface area contributed by atoms with E-state index in [1.54, 1.807) is 0 Å². The molecule has 1 amide bonds. The van der Waals surface area contributed by atoms with Gasteiger partial charge in [-0.05, 0) is 51.1 Å². The van der Waals surface area contributed by atoms with Crippen LogP contribution in [0.5, 0.6) is 0 Å². The standard InChI is InChI=1S/C16H30N2O2/c19-16(12-14-6-4-9-17-13-14)18-10-5-11-20-15-7-2-1-3-8-15/h14-15,17H,1-13H2,(H,18,19). The molecule has 1 atom stereocenters. The molecule has 4 heteroatoms. The molecule has 2 rings (SSSR count). The molecule has 4 nitrogen and oxygen atoms in total. The lowest BCUT2D eigenvalue weighted by molar-refractivity contribution is -0.122. The van der Waals surface area contributed by atoms with Gasteiger partial charge in [0.1, 0.15) is 0 Å². The van der Waals surface area contributed by atoms with E-state index in [1.165, 1.54) is 44.9 Å². The lowest BCUT2D eigenvalue weighted by Gasteiger charge is -2.22. The topological polar surface area (TPSA) is 50.4 Å². The van der Waals surface area contributed by atoms with Crippen molar-refractivity contribution in [3.05, 3.63) is 0 Å². The first kappa shape index (κ1) is 15.8. The van der Waals surface area contributed by atoms with Crippen molar-refractivity contribution in [2.75, 3.05) is 26.2 Å². The van der Waals surface area contributed by atoms with E-state index < -0.39 is 0 Å². The Bertz CT molecular complexity index is 272. The molecule has 20 heavy (non-hydrogen) atoms. The second-order valence-electron chi connectivity index (χ2n) is 6.25. The second-order valence-corrected chi connectivity index (χ2v) is 6.25. The quantitative estimate of drug-likeness (QED) is 0.704. The average Bonchev–Trinajstić information content (AvgIpc) is 2.49. The Morgan fingerprint density at radius 1 is 1.15 bits per heavy atom. The van der Waals surface area contributed by atoms with Crippen molar-refractivity contribution < 1.29 is 9.53 Å². The molecule has 1 heterocycles. The van der Waals surface area contributed by atoms with Crippen molar-refractivity contribution in [2.45, 2.75) is 63.9 Å². The fourth-order valence-corrected chi connectivity index (χ4v) is 3.21. The van der Waals surface area contributed by atoms with Gasteiger partial charge in [0.2, 0.25) is 5.91 Å². The summed E-state index contributed by atoms with van der Waals surface area (Å²) in [6, 6.07) is 0. The predicted octanol–water partition coefficient (Wildman–Crippen LogP) is 2.23. The van der Waals surface area contributed by atoms with Crippen LogP contribution in [0.1, 0.15) is 57.8 Å². The third kappa shape index (κ3) is 6.23. The van der Waals surface area contributed by atoms with E-state index in [0.29, 0.717) is 18.4 Å². The zero-order valence-corrected chi connectivity index (χ0v) is 12.7. The Hall–Kier alpha value is -0.610.